The van der Waals surface area contributed by atoms with Crippen molar-refractivity contribution < 1.29 is 30.0 Å². The fourth-order valence-electron chi connectivity index (χ4n) is 5.31. The van der Waals surface area contributed by atoms with Crippen LogP contribution in [0.5, 0.6) is 0 Å². The zero-order valence-corrected chi connectivity index (χ0v) is 29.5. The van der Waals surface area contributed by atoms with Gasteiger partial charge in [0.15, 0.2) is 5.78 Å². The molecule has 0 spiro atoms. The Morgan fingerprint density at radius 3 is 2.17 bits per heavy atom. The summed E-state index contributed by atoms with van der Waals surface area (Å²) in [5.74, 6) is 0.286. The molecule has 3 aromatic heterocycles. The van der Waals surface area contributed by atoms with Crippen LogP contribution in [0, 0.1) is 17.0 Å². The predicted molar refractivity (Wildman–Crippen MR) is 174 cm³/mol. The maximum atomic E-state index is 12.2. The number of benzene rings is 2. The number of allylic oxidation sites excluding steroid dienone is 2. The van der Waals surface area contributed by atoms with E-state index in [0.717, 1.165) is 31.3 Å². The summed E-state index contributed by atoms with van der Waals surface area (Å²) in [5.41, 5.74) is 1.63. The summed E-state index contributed by atoms with van der Waals surface area (Å²) < 4.78 is 2.12. The summed E-state index contributed by atoms with van der Waals surface area (Å²) in [6.45, 7) is 19.3. The first-order valence-electron chi connectivity index (χ1n) is 14.7. The van der Waals surface area contributed by atoms with Gasteiger partial charge in [-0.05, 0) is 53.3 Å². The summed E-state index contributed by atoms with van der Waals surface area (Å²) in [6, 6.07) is 15.5. The van der Waals surface area contributed by atoms with Crippen LogP contribution in [0.15, 0.2) is 60.5 Å². The Morgan fingerprint density at radius 1 is 0.951 bits per heavy atom. The number of hydrogen-bond acceptors (Lipinski definition) is 3. The number of aromatic nitrogens is 2. The molecule has 0 aliphatic carbocycles. The number of rotatable bonds is 8. The fourth-order valence-corrected chi connectivity index (χ4v) is 6.47. The van der Waals surface area contributed by atoms with Gasteiger partial charge in [-0.3, -0.25) is 9.78 Å². The summed E-state index contributed by atoms with van der Waals surface area (Å²) in [5, 5.41) is 18.0. The first-order chi connectivity index (χ1) is 18.8. The molecule has 4 nitrogen and oxygen atoms in total. The maximum Gasteiger partial charge on any atom is 0.164 e. The van der Waals surface area contributed by atoms with Crippen molar-refractivity contribution in [2.75, 3.05) is 0 Å². The molecule has 5 aromatic rings. The summed E-state index contributed by atoms with van der Waals surface area (Å²) >= 11 is 0. The number of para-hydroxylation sites is 1. The van der Waals surface area contributed by atoms with E-state index >= 15 is 0 Å². The Bertz CT molecular complexity index is 1690. The van der Waals surface area contributed by atoms with E-state index in [2.05, 4.69) is 77.7 Å². The average molecular weight is 746 g/mol. The van der Waals surface area contributed by atoms with Crippen molar-refractivity contribution in [3.63, 3.8) is 0 Å². The third-order valence-electron chi connectivity index (χ3n) is 9.45. The van der Waals surface area contributed by atoms with E-state index in [-0.39, 0.29) is 42.5 Å². The summed E-state index contributed by atoms with van der Waals surface area (Å²) in [6.07, 6.45) is 10.0. The number of pyridine rings is 2. The molecule has 2 aromatic carbocycles. The summed E-state index contributed by atoms with van der Waals surface area (Å²) in [7, 11) is -1.39. The predicted octanol–water partition coefficient (Wildman–Crippen LogP) is 9.22. The van der Waals surface area contributed by atoms with Crippen molar-refractivity contribution in [3.05, 3.63) is 66.7 Å². The minimum Gasteiger partial charge on any atom is -0.512 e. The molecule has 0 aliphatic heterocycles. The van der Waals surface area contributed by atoms with Gasteiger partial charge in [-0.2, -0.15) is 0 Å². The number of fused-ring (bicyclic) bond motifs is 2. The molecule has 221 valence electrons. The van der Waals surface area contributed by atoms with Gasteiger partial charge in [0, 0.05) is 43.2 Å². The van der Waals surface area contributed by atoms with Crippen LogP contribution < -0.4 is 5.19 Å². The molecule has 0 fully saturated rings. The number of hydrogen-bond donors (Lipinski definition) is 1. The van der Waals surface area contributed by atoms with Crippen LogP contribution in [-0.4, -0.2) is 28.3 Å². The number of aliphatic hydroxyl groups is 1. The zero-order valence-electron chi connectivity index (χ0n) is 26.1. The Balaban J connectivity index is 0.000000233. The molecule has 0 bridgehead atoms. The zero-order chi connectivity index (χ0) is 29.5. The Hall–Kier alpha value is -2.53. The number of ketones is 1. The van der Waals surface area contributed by atoms with E-state index in [1.165, 1.54) is 43.7 Å². The number of aliphatic hydroxyl groups excluding tert-OH is 1. The van der Waals surface area contributed by atoms with E-state index in [4.69, 9.17) is 0 Å². The molecule has 1 N–H and O–H groups in total. The first-order valence-corrected chi connectivity index (χ1v) is 18.2. The standard InChI is InChI=1S/C20H17N2Si.C15H28O2.Ir/c1-23(2,3)15-11-14-7-9-21-20-18(14)17(12-15)16-6-4-5-13-8-10-22(20)19(13)16;1-7-14(5,8-2)12(16)11-13(17)15(6,9-3)10-4;/h4-9,11-12H,1-3H3;11,16H,7-10H2,1-6H3;/q-1;;/b;12-11-;. The minimum absolute atomic E-state index is 0. The van der Waals surface area contributed by atoms with Crippen molar-refractivity contribution in [1.82, 2.24) is 9.38 Å². The number of carbonyl (C=O) groups is 1. The first kappa shape index (κ1) is 33.0. The third-order valence-corrected chi connectivity index (χ3v) is 11.5. The number of nitrogens with zero attached hydrogens (tertiary/aromatic N) is 2. The molecular formula is C35H45IrN2O2Si-. The molecule has 0 unspecified atom stereocenters. The van der Waals surface area contributed by atoms with E-state index in [9.17, 15) is 9.90 Å². The molecule has 6 heteroatoms. The van der Waals surface area contributed by atoms with Crippen molar-refractivity contribution in [2.45, 2.75) is 86.9 Å². The second-order valence-electron chi connectivity index (χ2n) is 12.8. The normalized spacial score (nSPS) is 13.0. The fraction of sp³-hybridized carbons (Fsp3) is 0.429. The second kappa shape index (κ2) is 12.4. The van der Waals surface area contributed by atoms with Crippen molar-refractivity contribution in [1.29, 1.82) is 0 Å². The Labute approximate surface area is 259 Å². The van der Waals surface area contributed by atoms with E-state index < -0.39 is 8.07 Å². The third kappa shape index (κ3) is 6.02. The Kier molecular flexibility index (Phi) is 9.95. The van der Waals surface area contributed by atoms with Crippen LogP contribution in [-0.2, 0) is 24.9 Å². The largest absolute Gasteiger partial charge is 0.512 e. The van der Waals surface area contributed by atoms with Gasteiger partial charge in [0.2, 0.25) is 0 Å². The van der Waals surface area contributed by atoms with Crippen molar-refractivity contribution >= 4 is 57.1 Å². The number of carbonyl (C=O) groups excluding carboxylic acids is 1. The molecule has 5 rings (SSSR count). The van der Waals surface area contributed by atoms with Gasteiger partial charge in [-0.25, -0.2) is 0 Å². The van der Waals surface area contributed by atoms with E-state index in [1.807, 2.05) is 47.7 Å². The molecule has 0 atom stereocenters. The van der Waals surface area contributed by atoms with Crippen LogP contribution in [0.25, 0.3) is 38.1 Å². The van der Waals surface area contributed by atoms with Gasteiger partial charge in [-0.15, -0.1) is 17.5 Å². The van der Waals surface area contributed by atoms with E-state index in [0.29, 0.717) is 0 Å². The van der Waals surface area contributed by atoms with Gasteiger partial charge >= 0.3 is 0 Å². The van der Waals surface area contributed by atoms with Crippen LogP contribution in [0.1, 0.15) is 67.2 Å². The van der Waals surface area contributed by atoms with Crippen LogP contribution >= 0.6 is 0 Å². The van der Waals surface area contributed by atoms with Crippen LogP contribution in [0.3, 0.4) is 0 Å². The van der Waals surface area contributed by atoms with Gasteiger partial charge in [0.25, 0.3) is 0 Å². The molecule has 0 saturated carbocycles. The molecule has 0 aliphatic rings. The van der Waals surface area contributed by atoms with Crippen LogP contribution in [0.2, 0.25) is 19.6 Å². The quantitative estimate of drug-likeness (QED) is 0.0431. The minimum atomic E-state index is -1.39. The molecule has 1 radical (unpaired) electrons. The molecule has 0 saturated heterocycles. The summed E-state index contributed by atoms with van der Waals surface area (Å²) in [4.78, 5) is 16.8. The Morgan fingerprint density at radius 2 is 1.59 bits per heavy atom. The SMILES string of the molecule is CCC(C)(CC)C(=O)/C=C(\O)C(C)(CC)CC.C[Si](C)(C)c1cc2ccnc3c2c(c1)c1cccc2c[c-]n3c21.[Ir]. The van der Waals surface area contributed by atoms with Crippen molar-refractivity contribution in [2.24, 2.45) is 10.8 Å². The monoisotopic (exact) mass is 746 g/mol. The molecular weight excluding hydrogens is 701 g/mol. The van der Waals surface area contributed by atoms with Gasteiger partial charge in [0.1, 0.15) is 5.76 Å². The van der Waals surface area contributed by atoms with Crippen LogP contribution in [0.4, 0.5) is 0 Å². The van der Waals surface area contributed by atoms with E-state index in [1.54, 1.807) is 0 Å². The van der Waals surface area contributed by atoms with Gasteiger partial charge in [-0.1, -0.05) is 102 Å². The van der Waals surface area contributed by atoms with Gasteiger partial charge < -0.3 is 9.51 Å². The average Bonchev–Trinajstić information content (AvgIpc) is 3.39. The second-order valence-corrected chi connectivity index (χ2v) is 17.9. The maximum absolute atomic E-state index is 12.2. The smallest absolute Gasteiger partial charge is 0.164 e. The molecule has 0 amide bonds. The van der Waals surface area contributed by atoms with Crippen molar-refractivity contribution in [3.8, 4) is 0 Å². The molecule has 41 heavy (non-hydrogen) atoms. The van der Waals surface area contributed by atoms with Gasteiger partial charge in [0.05, 0.1) is 13.7 Å². The topological polar surface area (TPSA) is 54.6 Å². The molecule has 3 heterocycles.